The van der Waals surface area contributed by atoms with Crippen molar-refractivity contribution >= 4 is 34.2 Å². The van der Waals surface area contributed by atoms with Crippen molar-refractivity contribution in [2.24, 2.45) is 11.7 Å². The Labute approximate surface area is 153 Å². The molecule has 3 nitrogen and oxygen atoms in total. The van der Waals surface area contributed by atoms with Crippen LogP contribution >= 0.6 is 28.3 Å². The molecule has 3 N–H and O–H groups in total. The SMILES string of the molecule is Cl.N[C@@H]1CCC[C@H]1CC(=O)NCC1(c2cccc(Br)c2)CCC1. The molecule has 1 aromatic rings. The Balaban J connectivity index is 0.00000192. The van der Waals surface area contributed by atoms with Crippen LogP contribution < -0.4 is 11.1 Å². The van der Waals surface area contributed by atoms with Gasteiger partial charge in [-0.15, -0.1) is 12.4 Å². The first-order valence-corrected chi connectivity index (χ1v) is 9.17. The highest BCUT2D eigenvalue weighted by molar-refractivity contribution is 9.10. The summed E-state index contributed by atoms with van der Waals surface area (Å²) in [5.74, 6) is 0.548. The number of benzene rings is 1. The predicted molar refractivity (Wildman–Crippen MR) is 99.9 cm³/mol. The zero-order valence-electron chi connectivity index (χ0n) is 13.4. The molecule has 1 amide bonds. The van der Waals surface area contributed by atoms with Gasteiger partial charge in [0.15, 0.2) is 0 Å². The Morgan fingerprint density at radius 1 is 1.30 bits per heavy atom. The molecule has 0 unspecified atom stereocenters. The smallest absolute Gasteiger partial charge is 0.220 e. The lowest BCUT2D eigenvalue weighted by Crippen LogP contribution is -2.46. The van der Waals surface area contributed by atoms with Crippen molar-refractivity contribution in [2.45, 2.75) is 56.4 Å². The number of halogens is 2. The minimum Gasteiger partial charge on any atom is -0.355 e. The Bertz CT molecular complexity index is 548. The van der Waals surface area contributed by atoms with E-state index in [0.29, 0.717) is 12.3 Å². The van der Waals surface area contributed by atoms with E-state index >= 15 is 0 Å². The molecule has 0 bridgehead atoms. The Hall–Kier alpha value is -0.580. The molecule has 2 saturated carbocycles. The average molecular weight is 402 g/mol. The van der Waals surface area contributed by atoms with Gasteiger partial charge < -0.3 is 11.1 Å². The van der Waals surface area contributed by atoms with E-state index in [9.17, 15) is 4.79 Å². The molecule has 0 spiro atoms. The van der Waals surface area contributed by atoms with Crippen molar-refractivity contribution < 1.29 is 4.79 Å². The van der Waals surface area contributed by atoms with Gasteiger partial charge in [0.05, 0.1) is 0 Å². The molecule has 5 heteroatoms. The zero-order valence-corrected chi connectivity index (χ0v) is 15.8. The fourth-order valence-corrected chi connectivity index (χ4v) is 4.29. The van der Waals surface area contributed by atoms with Gasteiger partial charge in [-0.05, 0) is 49.3 Å². The molecule has 2 aliphatic carbocycles. The maximum absolute atomic E-state index is 12.3. The summed E-state index contributed by atoms with van der Waals surface area (Å²) in [7, 11) is 0. The predicted octanol–water partition coefficient (Wildman–Crippen LogP) is 3.93. The van der Waals surface area contributed by atoms with Crippen LogP contribution in [0.3, 0.4) is 0 Å². The molecule has 2 atom stereocenters. The lowest BCUT2D eigenvalue weighted by molar-refractivity contribution is -0.122. The van der Waals surface area contributed by atoms with E-state index in [1.54, 1.807) is 0 Å². The van der Waals surface area contributed by atoms with E-state index in [1.807, 2.05) is 0 Å². The first kappa shape index (κ1) is 18.8. The maximum atomic E-state index is 12.3. The number of carbonyl (C=O) groups excluding carboxylic acids is 1. The van der Waals surface area contributed by atoms with E-state index < -0.39 is 0 Å². The van der Waals surface area contributed by atoms with Crippen LogP contribution in [0.1, 0.15) is 50.5 Å². The summed E-state index contributed by atoms with van der Waals surface area (Å²) in [5, 5.41) is 3.18. The minimum absolute atomic E-state index is 0. The highest BCUT2D eigenvalue weighted by Crippen LogP contribution is 2.43. The third-order valence-electron chi connectivity index (χ3n) is 5.54. The molecule has 23 heavy (non-hydrogen) atoms. The van der Waals surface area contributed by atoms with Crippen LogP contribution in [0.15, 0.2) is 28.7 Å². The van der Waals surface area contributed by atoms with Crippen molar-refractivity contribution in [1.82, 2.24) is 5.32 Å². The Morgan fingerprint density at radius 2 is 2.09 bits per heavy atom. The Morgan fingerprint density at radius 3 is 2.65 bits per heavy atom. The van der Waals surface area contributed by atoms with Gasteiger partial charge in [-0.25, -0.2) is 0 Å². The third-order valence-corrected chi connectivity index (χ3v) is 6.03. The molecule has 0 saturated heterocycles. The number of hydrogen-bond acceptors (Lipinski definition) is 2. The van der Waals surface area contributed by atoms with Gasteiger partial charge in [0.2, 0.25) is 5.91 Å². The summed E-state index contributed by atoms with van der Waals surface area (Å²) in [6, 6.07) is 8.73. The van der Waals surface area contributed by atoms with Crippen molar-refractivity contribution in [3.05, 3.63) is 34.3 Å². The van der Waals surface area contributed by atoms with Crippen LogP contribution in [0.5, 0.6) is 0 Å². The first-order valence-electron chi connectivity index (χ1n) is 8.37. The summed E-state index contributed by atoms with van der Waals surface area (Å²) < 4.78 is 1.11. The fraction of sp³-hybridized carbons (Fsp3) is 0.611. The van der Waals surface area contributed by atoms with E-state index in [2.05, 4.69) is 45.5 Å². The number of carbonyl (C=O) groups is 1. The third kappa shape index (κ3) is 4.28. The van der Waals surface area contributed by atoms with Crippen molar-refractivity contribution in [3.63, 3.8) is 0 Å². The molecule has 0 aliphatic heterocycles. The van der Waals surface area contributed by atoms with E-state index in [-0.39, 0.29) is 29.8 Å². The summed E-state index contributed by atoms with van der Waals surface area (Å²) >= 11 is 3.55. The van der Waals surface area contributed by atoms with Crippen molar-refractivity contribution in [3.8, 4) is 0 Å². The standard InChI is InChI=1S/C18H25BrN2O.ClH/c19-15-6-2-5-14(11-15)18(8-3-9-18)12-21-17(22)10-13-4-1-7-16(13)20;/h2,5-6,11,13,16H,1,3-4,7-10,12,20H2,(H,21,22);1H/t13-,16+;/m0./s1. The molecule has 128 valence electrons. The van der Waals surface area contributed by atoms with Crippen LogP contribution in [-0.4, -0.2) is 18.5 Å². The van der Waals surface area contributed by atoms with E-state index in [0.717, 1.165) is 36.7 Å². The highest BCUT2D eigenvalue weighted by atomic mass is 79.9. The van der Waals surface area contributed by atoms with Crippen LogP contribution in [0.4, 0.5) is 0 Å². The lowest BCUT2D eigenvalue weighted by Gasteiger charge is -2.42. The van der Waals surface area contributed by atoms with Crippen LogP contribution in [0, 0.1) is 5.92 Å². The Kier molecular flexibility index (Phi) is 6.52. The maximum Gasteiger partial charge on any atom is 0.220 e. The average Bonchev–Trinajstić information content (AvgIpc) is 2.83. The molecule has 1 aromatic carbocycles. The normalized spacial score (nSPS) is 25.3. The minimum atomic E-state index is 0. The first-order chi connectivity index (χ1) is 10.6. The fourth-order valence-electron chi connectivity index (χ4n) is 3.89. The number of amides is 1. The number of nitrogens with two attached hydrogens (primary N) is 1. The summed E-state index contributed by atoms with van der Waals surface area (Å²) in [4.78, 5) is 12.3. The molecule has 2 aliphatic rings. The van der Waals surface area contributed by atoms with Gasteiger partial charge in [0.25, 0.3) is 0 Å². The van der Waals surface area contributed by atoms with Crippen molar-refractivity contribution in [2.75, 3.05) is 6.54 Å². The lowest BCUT2D eigenvalue weighted by atomic mass is 9.64. The van der Waals surface area contributed by atoms with Crippen LogP contribution in [0.2, 0.25) is 0 Å². The van der Waals surface area contributed by atoms with Gasteiger partial charge in [-0.3, -0.25) is 4.79 Å². The molecule has 0 radical (unpaired) electrons. The second kappa shape index (κ2) is 8.00. The van der Waals surface area contributed by atoms with E-state index in [4.69, 9.17) is 5.73 Å². The van der Waals surface area contributed by atoms with Gasteiger partial charge in [0.1, 0.15) is 0 Å². The molecule has 0 aromatic heterocycles. The van der Waals surface area contributed by atoms with Gasteiger partial charge in [-0.2, -0.15) is 0 Å². The molecule has 0 heterocycles. The summed E-state index contributed by atoms with van der Waals surface area (Å²) in [6.07, 6.45) is 7.50. The molecular weight excluding hydrogens is 376 g/mol. The second-order valence-electron chi connectivity index (χ2n) is 6.98. The van der Waals surface area contributed by atoms with Crippen molar-refractivity contribution in [1.29, 1.82) is 0 Å². The van der Waals surface area contributed by atoms with Crippen LogP contribution in [0.25, 0.3) is 0 Å². The number of rotatable bonds is 5. The molecule has 2 fully saturated rings. The quantitative estimate of drug-likeness (QED) is 0.785. The number of nitrogens with one attached hydrogen (secondary N) is 1. The van der Waals surface area contributed by atoms with Gasteiger partial charge in [0, 0.05) is 28.9 Å². The van der Waals surface area contributed by atoms with Gasteiger partial charge >= 0.3 is 0 Å². The summed E-state index contributed by atoms with van der Waals surface area (Å²) in [6.45, 7) is 0.754. The van der Waals surface area contributed by atoms with Crippen LogP contribution in [-0.2, 0) is 10.2 Å². The topological polar surface area (TPSA) is 55.1 Å². The monoisotopic (exact) mass is 400 g/mol. The molecule has 3 rings (SSSR count). The molecular formula is C18H26BrClN2O. The zero-order chi connectivity index (χ0) is 15.6. The summed E-state index contributed by atoms with van der Waals surface area (Å²) in [5.41, 5.74) is 7.54. The largest absolute Gasteiger partial charge is 0.355 e. The second-order valence-corrected chi connectivity index (χ2v) is 7.90. The van der Waals surface area contributed by atoms with E-state index in [1.165, 1.54) is 18.4 Å². The number of hydrogen-bond donors (Lipinski definition) is 2. The van der Waals surface area contributed by atoms with Gasteiger partial charge in [-0.1, -0.05) is 40.9 Å². The highest BCUT2D eigenvalue weighted by Gasteiger charge is 2.39.